The molecule has 0 aromatic heterocycles. The monoisotopic (exact) mass is 269 g/mol. The van der Waals surface area contributed by atoms with Gasteiger partial charge < -0.3 is 15.2 Å². The molecule has 1 unspecified atom stereocenters. The largest absolute Gasteiger partial charge is 0.457 e. The van der Waals surface area contributed by atoms with Gasteiger partial charge in [-0.3, -0.25) is 0 Å². The van der Waals surface area contributed by atoms with E-state index in [9.17, 15) is 5.11 Å². The third-order valence-corrected chi connectivity index (χ3v) is 3.68. The molecule has 1 aliphatic heterocycles. The van der Waals surface area contributed by atoms with Gasteiger partial charge in [0.25, 0.3) is 0 Å². The van der Waals surface area contributed by atoms with Crippen molar-refractivity contribution in [1.82, 2.24) is 5.32 Å². The van der Waals surface area contributed by atoms with Gasteiger partial charge >= 0.3 is 0 Å². The number of para-hydroxylation sites is 2. The third-order valence-electron chi connectivity index (χ3n) is 3.68. The molecule has 0 radical (unpaired) electrons. The lowest BCUT2D eigenvalue weighted by Crippen LogP contribution is -2.33. The molecule has 1 heterocycles. The van der Waals surface area contributed by atoms with Crippen molar-refractivity contribution in [1.29, 1.82) is 0 Å². The fourth-order valence-electron chi connectivity index (χ4n) is 2.60. The van der Waals surface area contributed by atoms with E-state index in [1.807, 2.05) is 54.6 Å². The fourth-order valence-corrected chi connectivity index (χ4v) is 2.60. The lowest BCUT2D eigenvalue weighted by atomic mass is 9.93. The van der Waals surface area contributed by atoms with Gasteiger partial charge in [0, 0.05) is 13.0 Å². The average molecular weight is 269 g/mol. The SMILES string of the molecule is OC1(Cc2ccccc2Oc2ccccc2)CCNC1. The summed E-state index contributed by atoms with van der Waals surface area (Å²) in [7, 11) is 0. The molecule has 1 aliphatic rings. The number of benzene rings is 2. The molecule has 2 aromatic rings. The number of ether oxygens (including phenoxy) is 1. The Morgan fingerprint density at radius 1 is 1.05 bits per heavy atom. The molecule has 2 aromatic carbocycles. The van der Waals surface area contributed by atoms with Gasteiger partial charge in [0.2, 0.25) is 0 Å². The quantitative estimate of drug-likeness (QED) is 0.896. The van der Waals surface area contributed by atoms with Crippen LogP contribution in [0.3, 0.4) is 0 Å². The standard InChI is InChI=1S/C17H19NO2/c19-17(10-11-18-13-17)12-14-6-4-5-9-16(14)20-15-7-2-1-3-8-15/h1-9,18-19H,10-13H2. The fraction of sp³-hybridized carbons (Fsp3) is 0.294. The highest BCUT2D eigenvalue weighted by Crippen LogP contribution is 2.29. The smallest absolute Gasteiger partial charge is 0.130 e. The van der Waals surface area contributed by atoms with E-state index in [4.69, 9.17) is 4.74 Å². The van der Waals surface area contributed by atoms with E-state index in [1.165, 1.54) is 0 Å². The average Bonchev–Trinajstić information content (AvgIpc) is 2.89. The van der Waals surface area contributed by atoms with Crippen LogP contribution >= 0.6 is 0 Å². The second kappa shape index (κ2) is 5.65. The first-order valence-electron chi connectivity index (χ1n) is 6.99. The molecule has 104 valence electrons. The second-order valence-corrected chi connectivity index (χ2v) is 5.35. The first-order chi connectivity index (χ1) is 9.75. The van der Waals surface area contributed by atoms with Crippen LogP contribution < -0.4 is 10.1 Å². The Bertz CT molecular complexity index is 562. The molecule has 1 saturated heterocycles. The molecule has 2 N–H and O–H groups in total. The van der Waals surface area contributed by atoms with Crippen molar-refractivity contribution in [2.75, 3.05) is 13.1 Å². The molecule has 1 fully saturated rings. The van der Waals surface area contributed by atoms with Crippen LogP contribution in [0.4, 0.5) is 0 Å². The van der Waals surface area contributed by atoms with Crippen molar-refractivity contribution in [3.63, 3.8) is 0 Å². The Labute approximate surface area is 119 Å². The summed E-state index contributed by atoms with van der Waals surface area (Å²) in [5.41, 5.74) is 0.387. The number of aliphatic hydroxyl groups is 1. The molecule has 3 nitrogen and oxygen atoms in total. The maximum Gasteiger partial charge on any atom is 0.130 e. The van der Waals surface area contributed by atoms with Crippen molar-refractivity contribution in [3.05, 3.63) is 60.2 Å². The summed E-state index contributed by atoms with van der Waals surface area (Å²) in [6, 6.07) is 17.6. The highest BCUT2D eigenvalue weighted by atomic mass is 16.5. The minimum absolute atomic E-state index is 0.614. The Kier molecular flexibility index (Phi) is 3.72. The van der Waals surface area contributed by atoms with Gasteiger partial charge in [-0.25, -0.2) is 0 Å². The van der Waals surface area contributed by atoms with Gasteiger partial charge in [-0.2, -0.15) is 0 Å². The minimum Gasteiger partial charge on any atom is -0.457 e. The molecule has 0 amide bonds. The molecule has 0 saturated carbocycles. The van der Waals surface area contributed by atoms with E-state index >= 15 is 0 Å². The highest BCUT2D eigenvalue weighted by molar-refractivity contribution is 5.38. The van der Waals surface area contributed by atoms with E-state index in [2.05, 4.69) is 5.32 Å². The Morgan fingerprint density at radius 2 is 1.80 bits per heavy atom. The van der Waals surface area contributed by atoms with E-state index < -0.39 is 5.60 Å². The van der Waals surface area contributed by atoms with Crippen molar-refractivity contribution < 1.29 is 9.84 Å². The predicted molar refractivity (Wildman–Crippen MR) is 79.1 cm³/mol. The van der Waals surface area contributed by atoms with Crippen LogP contribution in [0, 0.1) is 0 Å². The molecule has 0 bridgehead atoms. The Balaban J connectivity index is 1.81. The van der Waals surface area contributed by atoms with Gasteiger partial charge in [-0.05, 0) is 36.7 Å². The first-order valence-corrected chi connectivity index (χ1v) is 6.99. The maximum atomic E-state index is 10.5. The van der Waals surface area contributed by atoms with Crippen LogP contribution in [0.2, 0.25) is 0 Å². The zero-order chi connectivity index (χ0) is 13.8. The van der Waals surface area contributed by atoms with E-state index in [0.717, 1.165) is 30.0 Å². The lowest BCUT2D eigenvalue weighted by molar-refractivity contribution is 0.0613. The maximum absolute atomic E-state index is 10.5. The van der Waals surface area contributed by atoms with Gasteiger partial charge in [-0.15, -0.1) is 0 Å². The van der Waals surface area contributed by atoms with Crippen molar-refractivity contribution in [2.24, 2.45) is 0 Å². The second-order valence-electron chi connectivity index (χ2n) is 5.35. The van der Waals surface area contributed by atoms with Crippen LogP contribution in [0.5, 0.6) is 11.5 Å². The zero-order valence-corrected chi connectivity index (χ0v) is 11.4. The van der Waals surface area contributed by atoms with Crippen LogP contribution in [0.25, 0.3) is 0 Å². The lowest BCUT2D eigenvalue weighted by Gasteiger charge is -2.22. The molecule has 0 spiro atoms. The molecule has 0 aliphatic carbocycles. The van der Waals surface area contributed by atoms with E-state index in [-0.39, 0.29) is 0 Å². The van der Waals surface area contributed by atoms with Crippen LogP contribution in [0.15, 0.2) is 54.6 Å². The number of nitrogens with one attached hydrogen (secondary N) is 1. The van der Waals surface area contributed by atoms with Crippen LogP contribution in [-0.4, -0.2) is 23.8 Å². The number of β-amino-alcohol motifs (C(OH)–C–C–N with tert-alkyl or cyclic N) is 1. The molecule has 3 rings (SSSR count). The number of hydrogen-bond donors (Lipinski definition) is 2. The number of hydrogen-bond acceptors (Lipinski definition) is 3. The van der Waals surface area contributed by atoms with Crippen molar-refractivity contribution >= 4 is 0 Å². The zero-order valence-electron chi connectivity index (χ0n) is 11.4. The normalized spacial score (nSPS) is 21.9. The first kappa shape index (κ1) is 13.2. The van der Waals surface area contributed by atoms with E-state index in [0.29, 0.717) is 13.0 Å². The van der Waals surface area contributed by atoms with Crippen LogP contribution in [-0.2, 0) is 6.42 Å². The summed E-state index contributed by atoms with van der Waals surface area (Å²) >= 11 is 0. The van der Waals surface area contributed by atoms with Gasteiger partial charge in [0.15, 0.2) is 0 Å². The minimum atomic E-state index is -0.657. The van der Waals surface area contributed by atoms with Crippen molar-refractivity contribution in [2.45, 2.75) is 18.4 Å². The molecular weight excluding hydrogens is 250 g/mol. The summed E-state index contributed by atoms with van der Waals surface area (Å²) in [6.07, 6.45) is 1.40. The summed E-state index contributed by atoms with van der Waals surface area (Å²) in [5.74, 6) is 1.63. The van der Waals surface area contributed by atoms with Gasteiger partial charge in [-0.1, -0.05) is 36.4 Å². The number of rotatable bonds is 4. The molecule has 1 atom stereocenters. The van der Waals surface area contributed by atoms with Gasteiger partial charge in [0.1, 0.15) is 11.5 Å². The molecular formula is C17H19NO2. The van der Waals surface area contributed by atoms with Crippen LogP contribution in [0.1, 0.15) is 12.0 Å². The van der Waals surface area contributed by atoms with E-state index in [1.54, 1.807) is 0 Å². The van der Waals surface area contributed by atoms with Gasteiger partial charge in [0.05, 0.1) is 5.60 Å². The summed E-state index contributed by atoms with van der Waals surface area (Å²) in [5, 5.41) is 13.7. The summed E-state index contributed by atoms with van der Waals surface area (Å²) in [4.78, 5) is 0. The summed E-state index contributed by atoms with van der Waals surface area (Å²) < 4.78 is 5.93. The topological polar surface area (TPSA) is 41.5 Å². The summed E-state index contributed by atoms with van der Waals surface area (Å²) in [6.45, 7) is 1.52. The third kappa shape index (κ3) is 3.00. The predicted octanol–water partition coefficient (Wildman–Crippen LogP) is 2.75. The van der Waals surface area contributed by atoms with Crippen molar-refractivity contribution in [3.8, 4) is 11.5 Å². The molecule has 20 heavy (non-hydrogen) atoms. The Morgan fingerprint density at radius 3 is 2.55 bits per heavy atom. The Hall–Kier alpha value is -1.84. The molecule has 3 heteroatoms. The highest BCUT2D eigenvalue weighted by Gasteiger charge is 2.31.